The van der Waals surface area contributed by atoms with Gasteiger partial charge in [0.05, 0.1) is 42.4 Å². The van der Waals surface area contributed by atoms with Gasteiger partial charge in [-0.2, -0.15) is 0 Å². The first-order chi connectivity index (χ1) is 36.8. The number of nitrogens with two attached hydrogens (primary N) is 1. The molecule has 6 saturated carbocycles. The highest BCUT2D eigenvalue weighted by molar-refractivity contribution is 6.61. The number of likely N-dealkylation sites (tertiary alicyclic amines) is 2. The summed E-state index contributed by atoms with van der Waals surface area (Å²) in [7, 11) is -1.03. The second kappa shape index (κ2) is 24.7. The van der Waals surface area contributed by atoms with E-state index in [0.717, 1.165) is 49.1 Å². The molecule has 12 atom stereocenters. The fourth-order valence-corrected chi connectivity index (χ4v) is 13.9. The van der Waals surface area contributed by atoms with Gasteiger partial charge in [-0.3, -0.25) is 0 Å². The molecule has 4 bridgehead atoms. The number of hydrogen-bond acceptors (Lipinski definition) is 13. The van der Waals surface area contributed by atoms with Crippen molar-refractivity contribution in [3.63, 3.8) is 0 Å². The summed E-state index contributed by atoms with van der Waals surface area (Å²) in [4.78, 5) is 51.2. The minimum absolute atomic E-state index is 0. The van der Waals surface area contributed by atoms with E-state index in [1.807, 2.05) is 41.5 Å². The monoisotopic (exact) mass is 1160 g/mol. The molecule has 10 fully saturated rings. The number of hydrogen-bond donors (Lipinski definition) is 2. The highest BCUT2D eigenvalue weighted by Crippen LogP contribution is 2.67. The van der Waals surface area contributed by atoms with E-state index >= 15 is 0 Å². The molecular weight excluding hydrogens is 1080 g/mol. The van der Waals surface area contributed by atoms with E-state index in [1.54, 1.807) is 34.1 Å². The molecule has 4 saturated heterocycles. The van der Waals surface area contributed by atoms with Crippen molar-refractivity contribution >= 4 is 62.0 Å². The smallest absolute Gasteiger partial charge is 0.448 e. The summed E-state index contributed by atoms with van der Waals surface area (Å²) in [5.41, 5.74) is 6.15. The van der Waals surface area contributed by atoms with Gasteiger partial charge in [0.2, 0.25) is 0 Å². The highest BCUT2D eigenvalue weighted by Gasteiger charge is 2.70. The second-order valence-electron chi connectivity index (χ2n) is 26.9. The zero-order chi connectivity index (χ0) is 57.6. The molecule has 4 heterocycles. The largest absolute Gasteiger partial charge is 0.482 e. The molecule has 3 N–H and O–H groups in total. The van der Waals surface area contributed by atoms with Crippen LogP contribution in [0.15, 0.2) is 48.5 Å². The molecule has 2 aromatic rings. The Morgan fingerprint density at radius 2 is 1.09 bits per heavy atom. The fourth-order valence-electron chi connectivity index (χ4n) is 13.8. The lowest BCUT2D eigenvalue weighted by Gasteiger charge is -2.64. The summed E-state index contributed by atoms with van der Waals surface area (Å²) in [6.45, 7) is 26.4. The number of carbonyl (C=O) groups is 4. The Hall–Kier alpha value is -3.91. The molecule has 10 aliphatic rings. The lowest BCUT2D eigenvalue weighted by molar-refractivity contribution is -0.199. The fraction of sp³-hybridized carbons (Fsp3) is 0.724. The lowest BCUT2D eigenvalue weighted by Crippen LogP contribution is -2.65. The summed E-state index contributed by atoms with van der Waals surface area (Å²) < 4.78 is 73.7. The Balaban J connectivity index is 0.000000191. The van der Waals surface area contributed by atoms with Crippen LogP contribution in [0.4, 0.5) is 28.0 Å². The first-order valence-electron chi connectivity index (χ1n) is 28.5. The molecule has 4 aliphatic heterocycles. The summed E-state index contributed by atoms with van der Waals surface area (Å²) in [5.74, 6) is 0.968. The molecule has 3 amide bonds. The molecule has 16 nitrogen and oxygen atoms in total. The van der Waals surface area contributed by atoms with E-state index in [1.165, 1.54) is 30.7 Å². The van der Waals surface area contributed by atoms with Gasteiger partial charge < -0.3 is 58.4 Å². The van der Waals surface area contributed by atoms with E-state index in [0.29, 0.717) is 68.5 Å². The third-order valence-corrected chi connectivity index (χ3v) is 18.4. The quantitative estimate of drug-likeness (QED) is 0.137. The summed E-state index contributed by atoms with van der Waals surface area (Å²) in [6.07, 6.45) is 6.23. The Kier molecular flexibility index (Phi) is 19.7. The lowest BCUT2D eigenvalue weighted by atomic mass is 9.43. The number of amides is 3. The van der Waals surface area contributed by atoms with Gasteiger partial charge in [0.1, 0.15) is 35.0 Å². The van der Waals surface area contributed by atoms with Crippen molar-refractivity contribution < 1.29 is 65.5 Å². The minimum atomic E-state index is -0.832. The third-order valence-electron chi connectivity index (χ3n) is 18.3. The summed E-state index contributed by atoms with van der Waals surface area (Å²) in [6, 6.07) is 12.7. The molecule has 22 heteroatoms. The number of rotatable bonds is 9. The first kappa shape index (κ1) is 63.7. The van der Waals surface area contributed by atoms with Gasteiger partial charge in [0.25, 0.3) is 0 Å². The molecular formula is C58H86B2Cl2F2N4O12. The molecule has 0 radical (unpaired) electrons. The van der Waals surface area contributed by atoms with Crippen molar-refractivity contribution in [2.45, 2.75) is 206 Å². The number of piperidine rings is 2. The van der Waals surface area contributed by atoms with Crippen LogP contribution in [0.2, 0.25) is 0 Å². The Morgan fingerprint density at radius 3 is 1.51 bits per heavy atom. The molecule has 0 aromatic heterocycles. The van der Waals surface area contributed by atoms with Gasteiger partial charge in [-0.05, 0) is 189 Å². The van der Waals surface area contributed by atoms with Gasteiger partial charge >= 0.3 is 37.9 Å². The number of nitrogens with zero attached hydrogens (tertiary/aromatic N) is 2. The zero-order valence-electron chi connectivity index (χ0n) is 48.9. The van der Waals surface area contributed by atoms with Gasteiger partial charge in [0, 0.05) is 30.6 Å². The molecule has 444 valence electrons. The van der Waals surface area contributed by atoms with Gasteiger partial charge in [-0.15, -0.1) is 12.4 Å². The minimum Gasteiger partial charge on any atom is -0.448 e. The SMILES string of the molecule is CC(C)(C)OC(=O)N1CCC[C@H](OC(=O)Cl)C1.CC(C)(C)OC(=O)N1CCC[C@H](OC(=O)N[C@@H](Cc2ccc(F)cc2)B2O[C@@H]3C[C@@H]4C[C@@H](C4(C)C)[C@]3(C)O2)C1.CC1(C)[C@@H]2C[C@H]3OB([C@@H](N)Cc4ccc(F)cc4)O[C@@]3(C)[C@H]1C2.Cl. The van der Waals surface area contributed by atoms with E-state index < -0.39 is 53.6 Å². The van der Waals surface area contributed by atoms with Crippen molar-refractivity contribution in [2.75, 3.05) is 26.2 Å². The van der Waals surface area contributed by atoms with E-state index in [9.17, 15) is 28.0 Å². The van der Waals surface area contributed by atoms with Crippen LogP contribution in [0.3, 0.4) is 0 Å². The van der Waals surface area contributed by atoms with Gasteiger partial charge in [0.15, 0.2) is 0 Å². The van der Waals surface area contributed by atoms with Crippen molar-refractivity contribution in [3.05, 3.63) is 71.3 Å². The average molecular weight is 1160 g/mol. The maximum absolute atomic E-state index is 13.6. The van der Waals surface area contributed by atoms with E-state index in [-0.39, 0.29) is 79.1 Å². The van der Waals surface area contributed by atoms with Gasteiger partial charge in [-0.1, -0.05) is 52.0 Å². The van der Waals surface area contributed by atoms with Crippen molar-refractivity contribution in [3.8, 4) is 0 Å². The number of alkyl carbamates (subject to hydrolysis) is 1. The maximum Gasteiger partial charge on any atom is 0.482 e. The predicted octanol–water partition coefficient (Wildman–Crippen LogP) is 11.3. The Morgan fingerprint density at radius 1 is 0.675 bits per heavy atom. The van der Waals surface area contributed by atoms with Crippen molar-refractivity contribution in [1.29, 1.82) is 0 Å². The molecule has 6 aliphatic carbocycles. The maximum atomic E-state index is 13.6. The zero-order valence-corrected chi connectivity index (χ0v) is 50.4. The van der Waals surface area contributed by atoms with Gasteiger partial charge in [-0.25, -0.2) is 28.0 Å². The first-order valence-corrected chi connectivity index (χ1v) is 28.9. The molecule has 12 rings (SSSR count). The summed E-state index contributed by atoms with van der Waals surface area (Å²) >= 11 is 5.15. The van der Waals surface area contributed by atoms with Crippen LogP contribution in [-0.4, -0.2) is 133 Å². The average Bonchev–Trinajstić information content (AvgIpc) is 3.91. The number of carbonyl (C=O) groups excluding carboxylic acids is 4. The molecule has 0 unspecified atom stereocenters. The number of halogens is 4. The second-order valence-corrected chi connectivity index (χ2v) is 27.2. The van der Waals surface area contributed by atoms with Crippen molar-refractivity contribution in [1.82, 2.24) is 15.1 Å². The standard InChI is InChI=1S/C29H42BFN2O6.C18H25BFNO2.C11H18ClNO4.ClH/c1-27(2,3)37-26(35)33-13-7-8-21(17-33)36-25(34)32-24(14-18-9-11-20(31)12-10-18)30-38-23-16-19-15-22(28(19,4)5)29(23,6)39-30;1-17(2)12-9-14(17)18(3)15(10-12)22-19(23-18)16(21)8-11-4-6-13(20)7-5-11;1-11(2,3)17-10(15)13-6-4-5-8(7-13)16-9(12)14;/h9-12,19,21-24H,7-8,13-17H2,1-6H3,(H,32,34);4-7,12,14-16H,8-10,21H2,1-3H3;8H,4-7H2,1-3H3;1H/t19-,21-,22-,23+,24-,29-;12-,14-,15+,16-,18-;8-;/m000./s1. The van der Waals surface area contributed by atoms with Crippen LogP contribution in [0.1, 0.15) is 146 Å². The number of benzene rings is 2. The molecule has 0 spiro atoms. The topological polar surface area (TPSA) is 187 Å². The number of ether oxygens (including phenoxy) is 4. The summed E-state index contributed by atoms with van der Waals surface area (Å²) in [5, 5.41) is 2.99. The van der Waals surface area contributed by atoms with Crippen LogP contribution < -0.4 is 11.1 Å². The normalized spacial score (nSPS) is 31.2. The van der Waals surface area contributed by atoms with Crippen LogP contribution in [0.5, 0.6) is 0 Å². The predicted molar refractivity (Wildman–Crippen MR) is 303 cm³/mol. The highest BCUT2D eigenvalue weighted by atomic mass is 35.5. The Bertz CT molecular complexity index is 2490. The van der Waals surface area contributed by atoms with Crippen LogP contribution >= 0.6 is 24.0 Å². The molecule has 80 heavy (non-hydrogen) atoms. The van der Waals surface area contributed by atoms with Crippen molar-refractivity contribution in [2.24, 2.45) is 40.2 Å². The van der Waals surface area contributed by atoms with E-state index in [2.05, 4.69) is 46.9 Å². The third kappa shape index (κ3) is 14.7. The van der Waals surface area contributed by atoms with E-state index in [4.69, 9.17) is 54.9 Å². The molecule has 2 aromatic carbocycles. The van der Waals surface area contributed by atoms with Crippen LogP contribution in [0.25, 0.3) is 0 Å². The van der Waals surface area contributed by atoms with Crippen LogP contribution in [0, 0.1) is 46.1 Å². The number of nitrogens with one attached hydrogen (secondary N) is 1. The Labute approximate surface area is 484 Å². The van der Waals surface area contributed by atoms with Crippen LogP contribution in [-0.2, 0) is 50.4 Å².